The Morgan fingerprint density at radius 1 is 1.05 bits per heavy atom. The van der Waals surface area contributed by atoms with Crippen molar-refractivity contribution in [2.24, 2.45) is 0 Å². The van der Waals surface area contributed by atoms with Crippen molar-refractivity contribution >= 4 is 8.80 Å². The summed E-state index contributed by atoms with van der Waals surface area (Å²) in [5.41, 5.74) is -0.135. The highest BCUT2D eigenvalue weighted by Crippen LogP contribution is 2.18. The van der Waals surface area contributed by atoms with E-state index in [1.54, 1.807) is 0 Å². The van der Waals surface area contributed by atoms with Gasteiger partial charge < -0.3 is 14.0 Å². The van der Waals surface area contributed by atoms with Crippen LogP contribution < -0.4 is 0 Å². The van der Waals surface area contributed by atoms with E-state index >= 15 is 0 Å². The molecule has 0 fully saturated rings. The van der Waals surface area contributed by atoms with Gasteiger partial charge in [0.1, 0.15) is 17.5 Å². The van der Waals surface area contributed by atoms with E-state index in [1.165, 1.54) is 7.11 Å². The third kappa shape index (κ3) is 5.31. The molecule has 0 aromatic heterocycles. The van der Waals surface area contributed by atoms with Gasteiger partial charge in [0.05, 0.1) is 0 Å². The van der Waals surface area contributed by atoms with Crippen LogP contribution >= 0.6 is 0 Å². The van der Waals surface area contributed by atoms with Crippen LogP contribution in [0.15, 0.2) is 12.1 Å². The quantitative estimate of drug-likeness (QED) is 0.599. The zero-order valence-corrected chi connectivity index (χ0v) is 11.6. The summed E-state index contributed by atoms with van der Waals surface area (Å²) in [5.74, 6) is -2.71. The predicted molar refractivity (Wildman–Crippen MR) is 65.9 cm³/mol. The molecule has 0 saturated carbocycles. The molecule has 0 radical (unpaired) electrons. The molecule has 108 valence electrons. The van der Waals surface area contributed by atoms with Crippen molar-refractivity contribution in [3.05, 3.63) is 35.1 Å². The summed E-state index contributed by atoms with van der Waals surface area (Å²) in [6, 6.07) is 1.46. The summed E-state index contributed by atoms with van der Waals surface area (Å²) in [4.78, 5) is 18.5. The molecular weight excluding hydrogens is 277 g/mol. The van der Waals surface area contributed by atoms with Gasteiger partial charge in [0.15, 0.2) is 0 Å². The molecule has 0 heterocycles. The van der Waals surface area contributed by atoms with E-state index in [4.69, 9.17) is 0 Å². The van der Waals surface area contributed by atoms with Gasteiger partial charge >= 0.3 is 8.80 Å². The maximum atomic E-state index is 13.3. The third-order valence-electron chi connectivity index (χ3n) is 2.86. The molecule has 2 N–H and O–H groups in total. The zero-order valence-electron chi connectivity index (χ0n) is 10.6. The Kier molecular flexibility index (Phi) is 5.99. The highest BCUT2D eigenvalue weighted by atomic mass is 28.4. The molecule has 0 spiro atoms. The Hall–Kier alpha value is -0.893. The van der Waals surface area contributed by atoms with Crippen LogP contribution in [0.3, 0.4) is 0 Å². The van der Waals surface area contributed by atoms with Crippen LogP contribution in [-0.2, 0) is 10.8 Å². The number of rotatable bonds is 7. The second kappa shape index (κ2) is 7.04. The fourth-order valence-electron chi connectivity index (χ4n) is 1.75. The number of hydrogen-bond acceptors (Lipinski definition) is 3. The minimum absolute atomic E-state index is 0.135. The predicted octanol–water partition coefficient (Wildman–Crippen LogP) is 2.39. The van der Waals surface area contributed by atoms with Crippen LogP contribution in [0.5, 0.6) is 0 Å². The molecule has 3 nitrogen and oxygen atoms in total. The molecule has 0 aliphatic heterocycles. The fraction of sp³-hybridized carbons (Fsp3) is 0.500. The second-order valence-corrected chi connectivity index (χ2v) is 6.75. The van der Waals surface area contributed by atoms with Gasteiger partial charge in [0, 0.05) is 30.9 Å². The average Bonchev–Trinajstić information content (AvgIpc) is 2.31. The topological polar surface area (TPSA) is 49.7 Å². The molecule has 1 aromatic rings. The molecule has 0 unspecified atom stereocenters. The van der Waals surface area contributed by atoms with Crippen molar-refractivity contribution in [3.63, 3.8) is 0 Å². The first-order valence-electron chi connectivity index (χ1n) is 5.99. The van der Waals surface area contributed by atoms with Gasteiger partial charge in [-0.2, -0.15) is 0 Å². The van der Waals surface area contributed by atoms with Crippen molar-refractivity contribution in [2.45, 2.75) is 31.7 Å². The summed E-state index contributed by atoms with van der Waals surface area (Å²) in [6.07, 6.45) is 1.71. The van der Waals surface area contributed by atoms with Gasteiger partial charge in [-0.25, -0.2) is 13.2 Å². The van der Waals surface area contributed by atoms with Crippen molar-refractivity contribution in [1.82, 2.24) is 0 Å². The Bertz CT molecular complexity index is 404. The Morgan fingerprint density at radius 3 is 2.16 bits per heavy atom. The van der Waals surface area contributed by atoms with E-state index in [2.05, 4.69) is 4.43 Å². The van der Waals surface area contributed by atoms with E-state index in [0.29, 0.717) is 31.4 Å². The normalized spacial score (nSPS) is 11.9. The lowest BCUT2D eigenvalue weighted by Gasteiger charge is -2.14. The highest BCUT2D eigenvalue weighted by molar-refractivity contribution is 6.57. The Morgan fingerprint density at radius 2 is 1.63 bits per heavy atom. The molecule has 0 atom stereocenters. The van der Waals surface area contributed by atoms with E-state index in [0.717, 1.165) is 0 Å². The summed E-state index contributed by atoms with van der Waals surface area (Å²) in [6.45, 7) is 0. The molecule has 1 rings (SSSR count). The summed E-state index contributed by atoms with van der Waals surface area (Å²) in [5, 5.41) is 0. The fourth-order valence-corrected chi connectivity index (χ4v) is 2.66. The first-order valence-corrected chi connectivity index (χ1v) is 8.00. The van der Waals surface area contributed by atoms with Gasteiger partial charge in [0.2, 0.25) is 0 Å². The maximum Gasteiger partial charge on any atom is 0.495 e. The molecule has 19 heavy (non-hydrogen) atoms. The van der Waals surface area contributed by atoms with Crippen LogP contribution in [0.4, 0.5) is 13.2 Å². The smallest absolute Gasteiger partial charge is 0.390 e. The minimum Gasteiger partial charge on any atom is -0.390 e. The number of unbranched alkanes of at least 4 members (excludes halogenated alkanes) is 2. The lowest BCUT2D eigenvalue weighted by Crippen LogP contribution is -2.37. The molecule has 0 aliphatic carbocycles. The van der Waals surface area contributed by atoms with Gasteiger partial charge in [-0.1, -0.05) is 6.42 Å². The number of halogens is 3. The molecular formula is C12H17F3O3Si. The highest BCUT2D eigenvalue weighted by Gasteiger charge is 2.29. The summed E-state index contributed by atoms with van der Waals surface area (Å²) in [7, 11) is -2.30. The lowest BCUT2D eigenvalue weighted by molar-refractivity contribution is 0.183. The van der Waals surface area contributed by atoms with Crippen LogP contribution in [0.1, 0.15) is 24.8 Å². The van der Waals surface area contributed by atoms with Crippen molar-refractivity contribution in [3.8, 4) is 0 Å². The first-order chi connectivity index (χ1) is 8.85. The van der Waals surface area contributed by atoms with Gasteiger partial charge in [-0.05, 0) is 19.3 Å². The van der Waals surface area contributed by atoms with Crippen molar-refractivity contribution < 1.29 is 27.2 Å². The maximum absolute atomic E-state index is 13.3. The van der Waals surface area contributed by atoms with Gasteiger partial charge in [-0.3, -0.25) is 0 Å². The lowest BCUT2D eigenvalue weighted by atomic mass is 10.1. The molecule has 1 aromatic carbocycles. The van der Waals surface area contributed by atoms with Gasteiger partial charge in [0.25, 0.3) is 0 Å². The van der Waals surface area contributed by atoms with E-state index in [9.17, 15) is 22.8 Å². The Labute approximate surface area is 111 Å². The van der Waals surface area contributed by atoms with Crippen LogP contribution in [-0.4, -0.2) is 25.5 Å². The van der Waals surface area contributed by atoms with Crippen LogP contribution in [0.2, 0.25) is 6.04 Å². The summed E-state index contributed by atoms with van der Waals surface area (Å²) >= 11 is 0. The Balaban J connectivity index is 2.38. The zero-order chi connectivity index (χ0) is 14.5. The van der Waals surface area contributed by atoms with Crippen molar-refractivity contribution in [2.75, 3.05) is 7.11 Å². The standard InChI is InChI=1S/C12H17F3O3Si/c1-18-19(16,17)6-4-2-3-5-10-11(14)7-9(13)8-12(10)15/h7-8,16-17H,2-6H2,1H3. The largest absolute Gasteiger partial charge is 0.495 e. The number of benzene rings is 1. The molecule has 7 heteroatoms. The molecule has 0 aliphatic rings. The minimum atomic E-state index is -3.53. The van der Waals surface area contributed by atoms with E-state index < -0.39 is 26.3 Å². The van der Waals surface area contributed by atoms with Crippen LogP contribution in [0.25, 0.3) is 0 Å². The monoisotopic (exact) mass is 294 g/mol. The summed E-state index contributed by atoms with van der Waals surface area (Å²) < 4.78 is 43.8. The van der Waals surface area contributed by atoms with E-state index in [1.807, 2.05) is 0 Å². The van der Waals surface area contributed by atoms with Crippen LogP contribution in [0, 0.1) is 17.5 Å². The molecule has 0 saturated heterocycles. The number of hydrogen-bond donors (Lipinski definition) is 2. The first kappa shape index (κ1) is 16.2. The molecule has 0 amide bonds. The SMILES string of the molecule is CO[Si](O)(O)CCCCCc1c(F)cc(F)cc1F. The van der Waals surface area contributed by atoms with Gasteiger partial charge in [-0.15, -0.1) is 0 Å². The second-order valence-electron chi connectivity index (χ2n) is 4.36. The van der Waals surface area contributed by atoms with Crippen molar-refractivity contribution in [1.29, 1.82) is 0 Å². The molecule has 0 bridgehead atoms. The third-order valence-corrected chi connectivity index (χ3v) is 4.52. The average molecular weight is 294 g/mol. The van der Waals surface area contributed by atoms with E-state index in [-0.39, 0.29) is 18.0 Å².